The largest absolute Gasteiger partial charge is 0.482 e. The molecule has 0 unspecified atom stereocenters. The van der Waals surface area contributed by atoms with Gasteiger partial charge in [-0.3, -0.25) is 24.1 Å². The van der Waals surface area contributed by atoms with E-state index >= 15 is 0 Å². The van der Waals surface area contributed by atoms with E-state index in [0.29, 0.717) is 43.1 Å². The van der Waals surface area contributed by atoms with E-state index in [0.717, 1.165) is 16.7 Å². The summed E-state index contributed by atoms with van der Waals surface area (Å²) < 4.78 is 11.0. The molecule has 0 aliphatic carbocycles. The highest BCUT2D eigenvalue weighted by Crippen LogP contribution is 2.39. The van der Waals surface area contributed by atoms with Gasteiger partial charge in [-0.25, -0.2) is 0 Å². The zero-order valence-electron chi connectivity index (χ0n) is 22.0. The molecule has 10 nitrogen and oxygen atoms in total. The van der Waals surface area contributed by atoms with Gasteiger partial charge in [0, 0.05) is 38.9 Å². The molecule has 1 saturated heterocycles. The van der Waals surface area contributed by atoms with Crippen molar-refractivity contribution in [2.45, 2.75) is 25.4 Å². The third-order valence-corrected chi connectivity index (χ3v) is 7.49. The minimum absolute atomic E-state index is 0.00562. The first-order chi connectivity index (χ1) is 18.7. The second kappa shape index (κ2) is 10.4. The number of anilines is 1. The SMILES string of the molecule is C=C(NC(=O)C(=C)N1Cc2c(cccc2-c2ccc3c(c2)OCC(=O)N3C)C1=O)C(=O)N(C)C1CCOCC1. The molecule has 5 rings (SSSR count). The molecule has 3 aliphatic rings. The van der Waals surface area contributed by atoms with Crippen LogP contribution >= 0.6 is 0 Å². The van der Waals surface area contributed by atoms with E-state index in [9.17, 15) is 19.2 Å². The maximum atomic E-state index is 13.3. The Morgan fingerprint density at radius 1 is 1.08 bits per heavy atom. The molecule has 3 aliphatic heterocycles. The van der Waals surface area contributed by atoms with E-state index in [1.807, 2.05) is 24.3 Å². The molecule has 2 aromatic rings. The fraction of sp³-hybridized carbons (Fsp3) is 0.310. The monoisotopic (exact) mass is 530 g/mol. The van der Waals surface area contributed by atoms with Crippen molar-refractivity contribution in [1.29, 1.82) is 0 Å². The number of hydrogen-bond acceptors (Lipinski definition) is 6. The van der Waals surface area contributed by atoms with Gasteiger partial charge in [-0.2, -0.15) is 0 Å². The summed E-state index contributed by atoms with van der Waals surface area (Å²) in [5.41, 5.74) is 3.32. The highest BCUT2D eigenvalue weighted by Gasteiger charge is 2.34. The van der Waals surface area contributed by atoms with E-state index in [-0.39, 0.29) is 42.4 Å². The van der Waals surface area contributed by atoms with Crippen LogP contribution < -0.4 is 15.0 Å². The number of nitrogens with one attached hydrogen (secondary N) is 1. The van der Waals surface area contributed by atoms with Crippen molar-refractivity contribution in [3.63, 3.8) is 0 Å². The number of rotatable bonds is 6. The second-order valence-corrected chi connectivity index (χ2v) is 9.79. The molecule has 0 saturated carbocycles. The molecule has 3 heterocycles. The summed E-state index contributed by atoms with van der Waals surface area (Å²) in [6.45, 7) is 8.83. The van der Waals surface area contributed by atoms with E-state index in [4.69, 9.17) is 9.47 Å². The summed E-state index contributed by atoms with van der Waals surface area (Å²) in [5, 5.41) is 2.51. The van der Waals surface area contributed by atoms with Crippen LogP contribution in [-0.2, 0) is 25.7 Å². The van der Waals surface area contributed by atoms with Crippen LogP contribution in [0.1, 0.15) is 28.8 Å². The van der Waals surface area contributed by atoms with E-state index in [1.54, 1.807) is 36.0 Å². The molecule has 0 aromatic heterocycles. The fourth-order valence-electron chi connectivity index (χ4n) is 5.10. The standard InChI is InChI=1S/C29H30N4O6/c1-17(28(36)31(3)20-10-12-38-13-11-20)30-27(35)18(2)33-15-23-21(6-5-7-22(23)29(33)37)19-8-9-24-25(14-19)39-16-26(34)32(24)4/h5-9,14,20H,1-2,10-13,15-16H2,3-4H3,(H,30,35). The highest BCUT2D eigenvalue weighted by molar-refractivity contribution is 6.08. The number of carbonyl (C=O) groups excluding carboxylic acids is 4. The minimum atomic E-state index is -0.675. The number of benzene rings is 2. The normalized spacial score (nSPS) is 16.8. The van der Waals surface area contributed by atoms with Crippen molar-refractivity contribution in [3.05, 3.63) is 72.1 Å². The van der Waals surface area contributed by atoms with Crippen LogP contribution in [0.5, 0.6) is 5.75 Å². The first-order valence-corrected chi connectivity index (χ1v) is 12.7. The molecule has 4 amide bonds. The van der Waals surface area contributed by atoms with Crippen molar-refractivity contribution in [2.75, 3.05) is 38.8 Å². The van der Waals surface area contributed by atoms with Crippen LogP contribution in [0, 0.1) is 0 Å². The lowest BCUT2D eigenvalue weighted by Gasteiger charge is -2.31. The molecule has 202 valence electrons. The molecule has 39 heavy (non-hydrogen) atoms. The Balaban J connectivity index is 1.30. The molecule has 10 heteroatoms. The van der Waals surface area contributed by atoms with Gasteiger partial charge in [0.05, 0.1) is 17.9 Å². The number of fused-ring (bicyclic) bond motifs is 2. The van der Waals surface area contributed by atoms with Gasteiger partial charge in [0.2, 0.25) is 0 Å². The molecule has 1 N–H and O–H groups in total. The smallest absolute Gasteiger partial charge is 0.271 e. The van der Waals surface area contributed by atoms with Crippen molar-refractivity contribution < 1.29 is 28.7 Å². The van der Waals surface area contributed by atoms with Gasteiger partial charge in [-0.1, -0.05) is 31.4 Å². The number of carbonyl (C=O) groups is 4. The Labute approximate surface area is 226 Å². The molecule has 0 radical (unpaired) electrons. The molecule has 0 spiro atoms. The first kappa shape index (κ1) is 26.2. The highest BCUT2D eigenvalue weighted by atomic mass is 16.5. The van der Waals surface area contributed by atoms with E-state index in [2.05, 4.69) is 18.5 Å². The Hall–Kier alpha value is -4.44. The quantitative estimate of drug-likeness (QED) is 0.575. The van der Waals surface area contributed by atoms with Gasteiger partial charge in [0.15, 0.2) is 6.61 Å². The zero-order chi connectivity index (χ0) is 27.8. The number of likely N-dealkylation sites (N-methyl/N-ethyl adjacent to an activating group) is 2. The topological polar surface area (TPSA) is 108 Å². The third-order valence-electron chi connectivity index (χ3n) is 7.49. The van der Waals surface area contributed by atoms with E-state index in [1.165, 1.54) is 4.90 Å². The van der Waals surface area contributed by atoms with Gasteiger partial charge in [0.25, 0.3) is 23.6 Å². The van der Waals surface area contributed by atoms with Gasteiger partial charge in [-0.15, -0.1) is 0 Å². The molecular formula is C29H30N4O6. The summed E-state index contributed by atoms with van der Waals surface area (Å²) in [7, 11) is 3.37. The van der Waals surface area contributed by atoms with Crippen LogP contribution in [0.2, 0.25) is 0 Å². The maximum absolute atomic E-state index is 13.3. The molecular weight excluding hydrogens is 500 g/mol. The van der Waals surface area contributed by atoms with Crippen LogP contribution in [0.4, 0.5) is 5.69 Å². The number of ether oxygens (including phenoxy) is 2. The van der Waals surface area contributed by atoms with Crippen LogP contribution in [0.15, 0.2) is 61.0 Å². The van der Waals surface area contributed by atoms with E-state index < -0.39 is 11.8 Å². The van der Waals surface area contributed by atoms with Gasteiger partial charge in [0.1, 0.15) is 11.4 Å². The Bertz CT molecular complexity index is 1410. The lowest BCUT2D eigenvalue weighted by molar-refractivity contribution is -0.131. The Morgan fingerprint density at radius 2 is 1.79 bits per heavy atom. The third kappa shape index (κ3) is 4.79. The van der Waals surface area contributed by atoms with Gasteiger partial charge >= 0.3 is 0 Å². The summed E-state index contributed by atoms with van der Waals surface area (Å²) >= 11 is 0. The summed E-state index contributed by atoms with van der Waals surface area (Å²) in [5.74, 6) is -0.989. The van der Waals surface area contributed by atoms with Crippen molar-refractivity contribution in [3.8, 4) is 16.9 Å². The minimum Gasteiger partial charge on any atom is -0.482 e. The van der Waals surface area contributed by atoms with Crippen molar-refractivity contribution in [2.24, 2.45) is 0 Å². The summed E-state index contributed by atoms with van der Waals surface area (Å²) in [4.78, 5) is 55.5. The average Bonchev–Trinajstić information content (AvgIpc) is 3.30. The molecule has 2 aromatic carbocycles. The second-order valence-electron chi connectivity index (χ2n) is 9.79. The lowest BCUT2D eigenvalue weighted by atomic mass is 9.96. The number of nitrogens with zero attached hydrogens (tertiary/aromatic N) is 3. The molecule has 0 atom stereocenters. The molecule has 0 bridgehead atoms. The zero-order valence-corrected chi connectivity index (χ0v) is 22.0. The molecule has 1 fully saturated rings. The summed E-state index contributed by atoms with van der Waals surface area (Å²) in [6.07, 6.45) is 1.43. The van der Waals surface area contributed by atoms with Crippen LogP contribution in [0.25, 0.3) is 11.1 Å². The van der Waals surface area contributed by atoms with Crippen molar-refractivity contribution >= 4 is 29.3 Å². The summed E-state index contributed by atoms with van der Waals surface area (Å²) in [6, 6.07) is 10.9. The predicted molar refractivity (Wildman–Crippen MR) is 144 cm³/mol. The van der Waals surface area contributed by atoms with Crippen LogP contribution in [-0.4, -0.2) is 73.4 Å². The average molecular weight is 531 g/mol. The number of hydrogen-bond donors (Lipinski definition) is 1. The Kier molecular flexibility index (Phi) is 6.96. The van der Waals surface area contributed by atoms with Crippen molar-refractivity contribution in [1.82, 2.24) is 15.1 Å². The van der Waals surface area contributed by atoms with Gasteiger partial charge in [-0.05, 0) is 47.7 Å². The number of amides is 4. The van der Waals surface area contributed by atoms with Crippen LogP contribution in [0.3, 0.4) is 0 Å². The fourth-order valence-corrected chi connectivity index (χ4v) is 5.10. The predicted octanol–water partition coefficient (Wildman–Crippen LogP) is 2.45. The van der Waals surface area contributed by atoms with Gasteiger partial charge < -0.3 is 24.6 Å². The lowest BCUT2D eigenvalue weighted by Crippen LogP contribution is -2.44. The maximum Gasteiger partial charge on any atom is 0.271 e. The Morgan fingerprint density at radius 3 is 2.54 bits per heavy atom. The first-order valence-electron chi connectivity index (χ1n) is 12.7.